The summed E-state index contributed by atoms with van der Waals surface area (Å²) in [7, 11) is 1.59. The quantitative estimate of drug-likeness (QED) is 0.210. The first kappa shape index (κ1) is 28.0. The third-order valence-electron chi connectivity index (χ3n) is 5.48. The van der Waals surface area contributed by atoms with Gasteiger partial charge < -0.3 is 14.2 Å². The van der Waals surface area contributed by atoms with Crippen molar-refractivity contribution in [2.75, 3.05) is 25.2 Å². The third-order valence-corrected chi connectivity index (χ3v) is 6.20. The topological polar surface area (TPSA) is 65.1 Å². The van der Waals surface area contributed by atoms with Crippen LogP contribution in [0.15, 0.2) is 48.5 Å². The molecule has 2 aromatic rings. The molecule has 0 saturated heterocycles. The van der Waals surface area contributed by atoms with E-state index in [0.717, 1.165) is 22.1 Å². The zero-order valence-electron chi connectivity index (χ0n) is 21.0. The maximum Gasteiger partial charge on any atom is 0.419 e. The molecule has 0 radical (unpaired) electrons. The van der Waals surface area contributed by atoms with Crippen molar-refractivity contribution in [3.05, 3.63) is 52.1 Å². The van der Waals surface area contributed by atoms with Gasteiger partial charge in [0.2, 0.25) is 0 Å². The van der Waals surface area contributed by atoms with Gasteiger partial charge in [0.05, 0.1) is 13.7 Å². The number of methoxy groups -OCH3 is 1. The van der Waals surface area contributed by atoms with Crippen LogP contribution in [0, 0.1) is 14.4 Å². The number of hydrogen-bond donors (Lipinski definition) is 0. The Morgan fingerprint density at radius 3 is 2.06 bits per heavy atom. The van der Waals surface area contributed by atoms with Crippen LogP contribution in [0.4, 0.5) is 10.5 Å². The summed E-state index contributed by atoms with van der Waals surface area (Å²) in [6, 6.07) is 14.7. The Kier molecular flexibility index (Phi) is 10.2. The summed E-state index contributed by atoms with van der Waals surface area (Å²) in [5, 5.41) is 0. The largest absolute Gasteiger partial charge is 0.497 e. The minimum atomic E-state index is -0.441. The van der Waals surface area contributed by atoms with Crippen molar-refractivity contribution >= 4 is 40.3 Å². The van der Waals surface area contributed by atoms with Crippen molar-refractivity contribution in [1.82, 2.24) is 0 Å². The Morgan fingerprint density at radius 2 is 1.50 bits per heavy atom. The van der Waals surface area contributed by atoms with Gasteiger partial charge in [0, 0.05) is 22.2 Å². The van der Waals surface area contributed by atoms with Gasteiger partial charge in [-0.3, -0.25) is 9.69 Å². The van der Waals surface area contributed by atoms with Gasteiger partial charge in [0.1, 0.15) is 11.5 Å². The number of esters is 1. The Bertz CT molecular complexity index is 938. The molecule has 0 atom stereocenters. The summed E-state index contributed by atoms with van der Waals surface area (Å²) in [4.78, 5) is 26.8. The van der Waals surface area contributed by atoms with Crippen LogP contribution in [-0.4, -0.2) is 32.3 Å². The number of hydrogen-bond acceptors (Lipinski definition) is 5. The summed E-state index contributed by atoms with van der Waals surface area (Å²) in [6.45, 7) is 11.3. The smallest absolute Gasteiger partial charge is 0.419 e. The average Bonchev–Trinajstić information content (AvgIpc) is 2.77. The van der Waals surface area contributed by atoms with Crippen LogP contribution < -0.4 is 14.4 Å². The minimum Gasteiger partial charge on any atom is -0.497 e. The van der Waals surface area contributed by atoms with E-state index in [2.05, 4.69) is 50.3 Å². The molecule has 2 aromatic carbocycles. The maximum atomic E-state index is 13.3. The van der Waals surface area contributed by atoms with Gasteiger partial charge in [-0.25, -0.2) is 4.79 Å². The number of benzene rings is 2. The van der Waals surface area contributed by atoms with E-state index >= 15 is 0 Å². The summed E-state index contributed by atoms with van der Waals surface area (Å²) in [5.74, 6) is 0.978. The van der Waals surface area contributed by atoms with Crippen molar-refractivity contribution in [3.8, 4) is 11.5 Å². The Labute approximate surface area is 217 Å². The molecule has 2 rings (SSSR count). The molecule has 0 saturated carbocycles. The van der Waals surface area contributed by atoms with Crippen LogP contribution in [-0.2, 0) is 9.53 Å². The molecule has 0 aliphatic rings. The molecule has 0 aromatic heterocycles. The molecule has 0 spiro atoms. The van der Waals surface area contributed by atoms with Crippen LogP contribution in [0.25, 0.3) is 0 Å². The molecule has 186 valence electrons. The number of halogens is 1. The number of amides is 1. The molecule has 0 aliphatic carbocycles. The van der Waals surface area contributed by atoms with Crippen LogP contribution >= 0.6 is 22.6 Å². The fourth-order valence-electron chi connectivity index (χ4n) is 4.22. The molecular formula is C27H36INO5. The summed E-state index contributed by atoms with van der Waals surface area (Å²) in [5.41, 5.74) is 0.435. The lowest BCUT2D eigenvalue weighted by atomic mass is 9.72. The lowest BCUT2D eigenvalue weighted by molar-refractivity contribution is -0.143. The van der Waals surface area contributed by atoms with E-state index in [1.807, 2.05) is 31.2 Å². The van der Waals surface area contributed by atoms with Gasteiger partial charge in [0.15, 0.2) is 0 Å². The van der Waals surface area contributed by atoms with Crippen molar-refractivity contribution in [1.29, 1.82) is 0 Å². The summed E-state index contributed by atoms with van der Waals surface area (Å²) >= 11 is 2.24. The number of rotatable bonds is 11. The molecule has 0 bridgehead atoms. The Hall–Kier alpha value is -2.29. The van der Waals surface area contributed by atoms with Gasteiger partial charge in [-0.1, -0.05) is 27.7 Å². The monoisotopic (exact) mass is 581 g/mol. The van der Waals surface area contributed by atoms with Gasteiger partial charge in [-0.05, 0) is 102 Å². The van der Waals surface area contributed by atoms with E-state index in [1.54, 1.807) is 36.3 Å². The molecule has 0 aliphatic heterocycles. The van der Waals surface area contributed by atoms with Crippen LogP contribution in [0.2, 0.25) is 0 Å². The molecule has 7 heteroatoms. The average molecular weight is 581 g/mol. The standard InChI is InChI=1S/C27H36INO5/c1-7-33-24(30)16-17-26(2,3)18-27(4,5)19-29(21-10-8-20(28)9-11-21)25(31)34-23-14-12-22(32-6)13-15-23/h8-15H,7,16-19H2,1-6H3. The predicted octanol–water partition coefficient (Wildman–Crippen LogP) is 7.09. The van der Waals surface area contributed by atoms with Gasteiger partial charge in [0.25, 0.3) is 0 Å². The third kappa shape index (κ3) is 9.16. The highest BCUT2D eigenvalue weighted by molar-refractivity contribution is 14.1. The number of ether oxygens (including phenoxy) is 3. The van der Waals surface area contributed by atoms with E-state index < -0.39 is 6.09 Å². The van der Waals surface area contributed by atoms with E-state index in [9.17, 15) is 9.59 Å². The van der Waals surface area contributed by atoms with E-state index in [4.69, 9.17) is 14.2 Å². The molecule has 34 heavy (non-hydrogen) atoms. The highest BCUT2D eigenvalue weighted by Crippen LogP contribution is 2.38. The molecule has 6 nitrogen and oxygen atoms in total. The first-order valence-corrected chi connectivity index (χ1v) is 12.6. The second-order valence-corrected chi connectivity index (χ2v) is 11.2. The number of carbonyl (C=O) groups is 2. The molecule has 1 amide bonds. The Balaban J connectivity index is 2.18. The van der Waals surface area contributed by atoms with Crippen LogP contribution in [0.5, 0.6) is 11.5 Å². The van der Waals surface area contributed by atoms with Crippen molar-refractivity contribution in [2.24, 2.45) is 10.8 Å². The zero-order chi connectivity index (χ0) is 25.4. The van der Waals surface area contributed by atoms with Crippen LogP contribution in [0.1, 0.15) is 53.9 Å². The number of anilines is 1. The van der Waals surface area contributed by atoms with E-state index in [-0.39, 0.29) is 16.8 Å². The van der Waals surface area contributed by atoms with Crippen molar-refractivity contribution in [2.45, 2.75) is 53.9 Å². The molecule has 0 heterocycles. The fourth-order valence-corrected chi connectivity index (χ4v) is 4.58. The van der Waals surface area contributed by atoms with Crippen LogP contribution in [0.3, 0.4) is 0 Å². The Morgan fingerprint density at radius 1 is 0.912 bits per heavy atom. The molecular weight excluding hydrogens is 545 g/mol. The first-order chi connectivity index (χ1) is 15.9. The fraction of sp³-hybridized carbons (Fsp3) is 0.481. The number of nitrogens with zero attached hydrogens (tertiary/aromatic N) is 1. The number of carbonyl (C=O) groups excluding carboxylic acids is 2. The van der Waals surface area contributed by atoms with Gasteiger partial charge >= 0.3 is 12.1 Å². The molecule has 0 unspecified atom stereocenters. The maximum absolute atomic E-state index is 13.3. The van der Waals surface area contributed by atoms with Crippen molar-refractivity contribution < 1.29 is 23.8 Å². The highest BCUT2D eigenvalue weighted by Gasteiger charge is 2.33. The second kappa shape index (κ2) is 12.4. The lowest BCUT2D eigenvalue weighted by Crippen LogP contribution is -2.42. The molecule has 0 fully saturated rings. The van der Waals surface area contributed by atoms with Gasteiger partial charge in [-0.2, -0.15) is 0 Å². The van der Waals surface area contributed by atoms with E-state index in [1.165, 1.54) is 0 Å². The summed E-state index contributed by atoms with van der Waals surface area (Å²) < 4.78 is 17.1. The second-order valence-electron chi connectivity index (χ2n) is 9.92. The van der Waals surface area contributed by atoms with Gasteiger partial charge in [-0.15, -0.1) is 0 Å². The van der Waals surface area contributed by atoms with E-state index in [0.29, 0.717) is 31.1 Å². The summed E-state index contributed by atoms with van der Waals surface area (Å²) in [6.07, 6.45) is 1.48. The first-order valence-electron chi connectivity index (χ1n) is 11.5. The minimum absolute atomic E-state index is 0.103. The SMILES string of the molecule is CCOC(=O)CCC(C)(C)CC(C)(C)CN(C(=O)Oc1ccc(OC)cc1)c1ccc(I)cc1. The predicted molar refractivity (Wildman–Crippen MR) is 144 cm³/mol. The molecule has 0 N–H and O–H groups in total. The normalized spacial score (nSPS) is 11.6. The van der Waals surface area contributed by atoms with Crippen molar-refractivity contribution in [3.63, 3.8) is 0 Å². The zero-order valence-corrected chi connectivity index (χ0v) is 23.2. The highest BCUT2D eigenvalue weighted by atomic mass is 127. The lowest BCUT2D eigenvalue weighted by Gasteiger charge is -2.38.